The number of unbranched alkanes of at least 4 members (excludes halogenated alkanes) is 2. The van der Waals surface area contributed by atoms with Gasteiger partial charge in [-0.15, -0.1) is 0 Å². The number of aryl methyl sites for hydroxylation is 1. The van der Waals surface area contributed by atoms with E-state index in [0.29, 0.717) is 5.56 Å². The molecule has 0 bridgehead atoms. The number of carbonyl (C=O) groups is 1. The van der Waals surface area contributed by atoms with Gasteiger partial charge in [-0.3, -0.25) is 0 Å². The highest BCUT2D eigenvalue weighted by atomic mass is 16.5. The Bertz CT molecular complexity index is 371. The van der Waals surface area contributed by atoms with Gasteiger partial charge in [0.05, 0.1) is 5.56 Å². The maximum Gasteiger partial charge on any atom is 0.338 e. The topological polar surface area (TPSA) is 26.3 Å². The summed E-state index contributed by atoms with van der Waals surface area (Å²) in [7, 11) is 0. The van der Waals surface area contributed by atoms with E-state index in [1.807, 2.05) is 31.2 Å². The van der Waals surface area contributed by atoms with Crippen LogP contribution in [0.1, 0.15) is 61.9 Å². The molecule has 1 aromatic rings. The highest BCUT2D eigenvalue weighted by molar-refractivity contribution is 5.91. The van der Waals surface area contributed by atoms with Crippen LogP contribution in [-0.4, -0.2) is 12.1 Å². The number of esters is 1. The average Bonchev–Trinajstić information content (AvgIpc) is 2.38. The van der Waals surface area contributed by atoms with Crippen molar-refractivity contribution in [3.05, 3.63) is 35.4 Å². The van der Waals surface area contributed by atoms with E-state index in [-0.39, 0.29) is 12.1 Å². The van der Waals surface area contributed by atoms with Crippen LogP contribution < -0.4 is 0 Å². The Morgan fingerprint density at radius 1 is 1.22 bits per heavy atom. The van der Waals surface area contributed by atoms with E-state index in [4.69, 9.17) is 4.74 Å². The highest BCUT2D eigenvalue weighted by Gasteiger charge is 2.15. The van der Waals surface area contributed by atoms with Crippen LogP contribution in [0.5, 0.6) is 0 Å². The second-order valence-electron chi connectivity index (χ2n) is 4.75. The predicted molar refractivity (Wildman–Crippen MR) is 74.8 cm³/mol. The summed E-state index contributed by atoms with van der Waals surface area (Å²) in [5.41, 5.74) is 1.66. The molecule has 0 spiro atoms. The van der Waals surface area contributed by atoms with Gasteiger partial charge in [0.25, 0.3) is 0 Å². The molecule has 0 fully saturated rings. The molecular formula is C16H24O2. The zero-order valence-electron chi connectivity index (χ0n) is 11.7. The molecule has 0 aromatic heterocycles. The summed E-state index contributed by atoms with van der Waals surface area (Å²) in [4.78, 5) is 12.0. The Balaban J connectivity index is 2.54. The molecule has 0 aliphatic heterocycles. The van der Waals surface area contributed by atoms with E-state index < -0.39 is 0 Å². The fourth-order valence-corrected chi connectivity index (χ4v) is 1.99. The van der Waals surface area contributed by atoms with Crippen molar-refractivity contribution in [3.63, 3.8) is 0 Å². The standard InChI is InChI=1S/C16H24O2/c1-4-6-7-11-14(5-2)18-16(17)15-12-9-8-10-13(15)3/h8-10,12,14H,4-7,11H2,1-3H3. The molecule has 0 N–H and O–H groups in total. The van der Waals surface area contributed by atoms with Crippen molar-refractivity contribution in [2.24, 2.45) is 0 Å². The summed E-state index contributed by atoms with van der Waals surface area (Å²) in [5, 5.41) is 0. The lowest BCUT2D eigenvalue weighted by Gasteiger charge is -2.16. The maximum absolute atomic E-state index is 12.0. The zero-order chi connectivity index (χ0) is 13.4. The first-order valence-electron chi connectivity index (χ1n) is 6.95. The van der Waals surface area contributed by atoms with Crippen LogP contribution >= 0.6 is 0 Å². The summed E-state index contributed by atoms with van der Waals surface area (Å²) >= 11 is 0. The molecule has 0 aliphatic rings. The number of hydrogen-bond donors (Lipinski definition) is 0. The van der Waals surface area contributed by atoms with Gasteiger partial charge < -0.3 is 4.74 Å². The van der Waals surface area contributed by atoms with E-state index >= 15 is 0 Å². The van der Waals surface area contributed by atoms with Crippen LogP contribution in [0.4, 0.5) is 0 Å². The summed E-state index contributed by atoms with van der Waals surface area (Å²) in [6.45, 7) is 6.19. The van der Waals surface area contributed by atoms with Gasteiger partial charge in [0.15, 0.2) is 0 Å². The third kappa shape index (κ3) is 4.52. The van der Waals surface area contributed by atoms with Gasteiger partial charge in [0, 0.05) is 0 Å². The molecule has 1 rings (SSSR count). The maximum atomic E-state index is 12.0. The fraction of sp³-hybridized carbons (Fsp3) is 0.562. The number of benzene rings is 1. The van der Waals surface area contributed by atoms with E-state index in [0.717, 1.165) is 24.8 Å². The molecule has 1 atom stereocenters. The second kappa shape index (κ2) is 7.91. The first-order chi connectivity index (χ1) is 8.69. The lowest BCUT2D eigenvalue weighted by atomic mass is 10.1. The SMILES string of the molecule is CCCCCC(CC)OC(=O)c1ccccc1C. The molecule has 0 aliphatic carbocycles. The Labute approximate surface area is 110 Å². The Morgan fingerprint density at radius 2 is 1.94 bits per heavy atom. The van der Waals surface area contributed by atoms with Crippen LogP contribution in [0.15, 0.2) is 24.3 Å². The number of carbonyl (C=O) groups excluding carboxylic acids is 1. The van der Waals surface area contributed by atoms with Gasteiger partial charge in [-0.25, -0.2) is 4.79 Å². The smallest absolute Gasteiger partial charge is 0.338 e. The first kappa shape index (κ1) is 14.7. The Morgan fingerprint density at radius 3 is 2.56 bits per heavy atom. The van der Waals surface area contributed by atoms with Crippen molar-refractivity contribution >= 4 is 5.97 Å². The lowest BCUT2D eigenvalue weighted by Crippen LogP contribution is -2.18. The quantitative estimate of drug-likeness (QED) is 0.524. The van der Waals surface area contributed by atoms with Gasteiger partial charge in [0.2, 0.25) is 0 Å². The molecule has 0 radical (unpaired) electrons. The minimum Gasteiger partial charge on any atom is -0.459 e. The second-order valence-corrected chi connectivity index (χ2v) is 4.75. The van der Waals surface area contributed by atoms with Crippen molar-refractivity contribution in [1.82, 2.24) is 0 Å². The highest BCUT2D eigenvalue weighted by Crippen LogP contribution is 2.15. The summed E-state index contributed by atoms with van der Waals surface area (Å²) in [6, 6.07) is 7.58. The van der Waals surface area contributed by atoms with Crippen molar-refractivity contribution in [3.8, 4) is 0 Å². The van der Waals surface area contributed by atoms with Gasteiger partial charge in [-0.2, -0.15) is 0 Å². The monoisotopic (exact) mass is 248 g/mol. The summed E-state index contributed by atoms with van der Waals surface area (Å²) < 4.78 is 5.57. The minimum absolute atomic E-state index is 0.0589. The van der Waals surface area contributed by atoms with Crippen LogP contribution in [0, 0.1) is 6.92 Å². The van der Waals surface area contributed by atoms with E-state index in [2.05, 4.69) is 13.8 Å². The van der Waals surface area contributed by atoms with Crippen LogP contribution in [0.3, 0.4) is 0 Å². The van der Waals surface area contributed by atoms with Gasteiger partial charge in [-0.05, 0) is 37.8 Å². The van der Waals surface area contributed by atoms with Crippen LogP contribution in [0.25, 0.3) is 0 Å². The number of ether oxygens (including phenoxy) is 1. The summed E-state index contributed by atoms with van der Waals surface area (Å²) in [5.74, 6) is -0.184. The van der Waals surface area contributed by atoms with E-state index in [1.165, 1.54) is 12.8 Å². The first-order valence-corrected chi connectivity index (χ1v) is 6.95. The van der Waals surface area contributed by atoms with Crippen molar-refractivity contribution in [1.29, 1.82) is 0 Å². The molecule has 0 amide bonds. The van der Waals surface area contributed by atoms with E-state index in [1.54, 1.807) is 0 Å². The predicted octanol–water partition coefficient (Wildman–Crippen LogP) is 4.51. The molecular weight excluding hydrogens is 224 g/mol. The summed E-state index contributed by atoms with van der Waals surface area (Å²) in [6.07, 6.45) is 5.46. The fourth-order valence-electron chi connectivity index (χ4n) is 1.99. The average molecular weight is 248 g/mol. The molecule has 2 nitrogen and oxygen atoms in total. The molecule has 0 saturated carbocycles. The number of rotatable bonds is 7. The Kier molecular flexibility index (Phi) is 6.48. The molecule has 1 unspecified atom stereocenters. The minimum atomic E-state index is -0.184. The van der Waals surface area contributed by atoms with Crippen molar-refractivity contribution in [2.45, 2.75) is 59.0 Å². The van der Waals surface area contributed by atoms with Gasteiger partial charge in [-0.1, -0.05) is 44.9 Å². The normalized spacial score (nSPS) is 12.2. The third-order valence-corrected chi connectivity index (χ3v) is 3.22. The number of hydrogen-bond acceptors (Lipinski definition) is 2. The largest absolute Gasteiger partial charge is 0.459 e. The third-order valence-electron chi connectivity index (χ3n) is 3.22. The molecule has 1 aromatic carbocycles. The molecule has 100 valence electrons. The van der Waals surface area contributed by atoms with E-state index in [9.17, 15) is 4.79 Å². The van der Waals surface area contributed by atoms with Gasteiger partial charge >= 0.3 is 5.97 Å². The zero-order valence-corrected chi connectivity index (χ0v) is 11.7. The Hall–Kier alpha value is -1.31. The van der Waals surface area contributed by atoms with Crippen LogP contribution in [-0.2, 0) is 4.74 Å². The van der Waals surface area contributed by atoms with Crippen molar-refractivity contribution < 1.29 is 9.53 Å². The molecule has 18 heavy (non-hydrogen) atoms. The molecule has 2 heteroatoms. The molecule has 0 heterocycles. The van der Waals surface area contributed by atoms with Crippen molar-refractivity contribution in [2.75, 3.05) is 0 Å². The van der Waals surface area contributed by atoms with Crippen LogP contribution in [0.2, 0.25) is 0 Å². The molecule has 0 saturated heterocycles. The lowest BCUT2D eigenvalue weighted by molar-refractivity contribution is 0.0266. The van der Waals surface area contributed by atoms with Gasteiger partial charge in [0.1, 0.15) is 6.10 Å².